The number of benzene rings is 2. The molecule has 1 fully saturated rings. The molecule has 2 aromatic carbocycles. The zero-order valence-electron chi connectivity index (χ0n) is 21.9. The van der Waals surface area contributed by atoms with Gasteiger partial charge in [0.05, 0.1) is 12.0 Å². The Morgan fingerprint density at radius 3 is 2.57 bits per heavy atom. The molecule has 1 saturated heterocycles. The molecule has 2 aliphatic heterocycles. The van der Waals surface area contributed by atoms with Crippen LogP contribution in [0.2, 0.25) is 0 Å². The van der Waals surface area contributed by atoms with Crippen molar-refractivity contribution in [2.45, 2.75) is 32.2 Å². The number of anilines is 1. The smallest absolute Gasteiger partial charge is 0.254 e. The number of thiophene rings is 1. The van der Waals surface area contributed by atoms with Crippen molar-refractivity contribution < 1.29 is 9.59 Å². The summed E-state index contributed by atoms with van der Waals surface area (Å²) in [6.45, 7) is 10.0. The summed E-state index contributed by atoms with van der Waals surface area (Å²) in [5, 5.41) is 5.20. The monoisotopic (exact) mass is 516 g/mol. The molecule has 2 unspecified atom stereocenters. The van der Waals surface area contributed by atoms with E-state index in [0.717, 1.165) is 49.6 Å². The maximum atomic E-state index is 13.6. The van der Waals surface area contributed by atoms with Crippen molar-refractivity contribution >= 4 is 28.8 Å². The summed E-state index contributed by atoms with van der Waals surface area (Å²) in [6, 6.07) is 17.9. The molecule has 2 atom stereocenters. The van der Waals surface area contributed by atoms with Crippen LogP contribution in [0.5, 0.6) is 0 Å². The Hall–Kier alpha value is -3.16. The molecule has 37 heavy (non-hydrogen) atoms. The summed E-state index contributed by atoms with van der Waals surface area (Å²) in [5.74, 6) is -0.457. The van der Waals surface area contributed by atoms with Crippen LogP contribution in [0.25, 0.3) is 0 Å². The highest BCUT2D eigenvalue weighted by Gasteiger charge is 2.42. The second-order valence-electron chi connectivity index (χ2n) is 10.2. The molecular formula is C30H36N4O2S. The normalized spacial score (nSPS) is 20.1. The summed E-state index contributed by atoms with van der Waals surface area (Å²) in [7, 11) is 1.81. The van der Waals surface area contributed by atoms with Crippen LogP contribution in [0, 0.1) is 13.8 Å². The highest BCUT2D eigenvalue weighted by Crippen LogP contribution is 2.43. The quantitative estimate of drug-likeness (QED) is 0.466. The van der Waals surface area contributed by atoms with Gasteiger partial charge in [0, 0.05) is 55.9 Å². The second kappa shape index (κ2) is 11.1. The van der Waals surface area contributed by atoms with E-state index in [4.69, 9.17) is 0 Å². The van der Waals surface area contributed by atoms with Gasteiger partial charge in [-0.3, -0.25) is 14.5 Å². The highest BCUT2D eigenvalue weighted by molar-refractivity contribution is 7.10. The first kappa shape index (κ1) is 25.5. The Labute approximate surface area is 223 Å². The Bertz CT molecular complexity index is 1250. The first-order valence-corrected chi connectivity index (χ1v) is 14.0. The molecule has 2 amide bonds. The minimum Gasteiger partial charge on any atom is -0.369 e. The fourth-order valence-corrected chi connectivity index (χ4v) is 6.57. The summed E-state index contributed by atoms with van der Waals surface area (Å²) in [6.07, 6.45) is 0.905. The molecule has 3 aromatic rings. The molecule has 1 aromatic heterocycles. The van der Waals surface area contributed by atoms with Crippen molar-refractivity contribution in [1.82, 2.24) is 15.1 Å². The summed E-state index contributed by atoms with van der Waals surface area (Å²) >= 11 is 1.59. The third kappa shape index (κ3) is 5.29. The van der Waals surface area contributed by atoms with Gasteiger partial charge in [-0.2, -0.15) is 0 Å². The van der Waals surface area contributed by atoms with Crippen molar-refractivity contribution in [1.29, 1.82) is 0 Å². The highest BCUT2D eigenvalue weighted by atomic mass is 32.1. The second-order valence-corrected chi connectivity index (χ2v) is 11.2. The Morgan fingerprint density at radius 1 is 1.03 bits per heavy atom. The van der Waals surface area contributed by atoms with Crippen LogP contribution in [-0.2, 0) is 4.79 Å². The van der Waals surface area contributed by atoms with E-state index in [1.54, 1.807) is 23.3 Å². The fourth-order valence-electron chi connectivity index (χ4n) is 5.67. The van der Waals surface area contributed by atoms with Gasteiger partial charge in [0.25, 0.3) is 5.91 Å². The lowest BCUT2D eigenvalue weighted by Crippen LogP contribution is -2.47. The van der Waals surface area contributed by atoms with Gasteiger partial charge in [-0.05, 0) is 67.1 Å². The van der Waals surface area contributed by atoms with E-state index >= 15 is 0 Å². The number of piperazine rings is 1. The molecule has 6 nitrogen and oxygen atoms in total. The zero-order chi connectivity index (χ0) is 25.9. The number of rotatable bonds is 7. The van der Waals surface area contributed by atoms with Crippen LogP contribution in [0.1, 0.15) is 50.3 Å². The topological polar surface area (TPSA) is 55.9 Å². The predicted molar refractivity (Wildman–Crippen MR) is 151 cm³/mol. The lowest BCUT2D eigenvalue weighted by atomic mass is 9.81. The molecule has 3 heterocycles. The van der Waals surface area contributed by atoms with Crippen LogP contribution in [0.3, 0.4) is 0 Å². The Balaban J connectivity index is 1.17. The number of amides is 2. The summed E-state index contributed by atoms with van der Waals surface area (Å²) in [4.78, 5) is 34.4. The molecule has 0 bridgehead atoms. The van der Waals surface area contributed by atoms with Crippen LogP contribution >= 0.6 is 11.3 Å². The van der Waals surface area contributed by atoms with E-state index in [2.05, 4.69) is 47.2 Å². The van der Waals surface area contributed by atoms with Crippen molar-refractivity contribution in [3.63, 3.8) is 0 Å². The standard InChI is InChI=1S/C30H36N4O2S/c1-21-11-12-22(2)25(20-21)34-17-15-33(16-18-34)14-7-13-31-29(35)27-23-8-4-5-9-24(23)30(36)32(3)28(27)26-10-6-19-37-26/h4-6,8-12,19-20,27-28H,7,13-18H2,1-3H3,(H,31,35). The fraction of sp³-hybridized carbons (Fsp3) is 0.400. The zero-order valence-corrected chi connectivity index (χ0v) is 22.8. The molecular weight excluding hydrogens is 480 g/mol. The van der Waals surface area contributed by atoms with Gasteiger partial charge in [-0.15, -0.1) is 11.3 Å². The predicted octanol–water partition coefficient (Wildman–Crippen LogP) is 4.60. The van der Waals surface area contributed by atoms with Crippen molar-refractivity contribution in [2.24, 2.45) is 0 Å². The van der Waals surface area contributed by atoms with Gasteiger partial charge in [0.15, 0.2) is 0 Å². The van der Waals surface area contributed by atoms with Crippen LogP contribution in [0.15, 0.2) is 60.0 Å². The molecule has 5 rings (SSSR count). The lowest BCUT2D eigenvalue weighted by molar-refractivity contribution is -0.124. The molecule has 194 valence electrons. The lowest BCUT2D eigenvalue weighted by Gasteiger charge is -2.39. The number of fused-ring (bicyclic) bond motifs is 1. The number of hydrogen-bond donors (Lipinski definition) is 1. The van der Waals surface area contributed by atoms with Gasteiger partial charge < -0.3 is 15.1 Å². The number of carbonyl (C=O) groups is 2. The van der Waals surface area contributed by atoms with E-state index in [1.807, 2.05) is 41.8 Å². The van der Waals surface area contributed by atoms with Crippen molar-refractivity contribution in [3.8, 4) is 0 Å². The Kier molecular flexibility index (Phi) is 7.63. The summed E-state index contributed by atoms with van der Waals surface area (Å²) < 4.78 is 0. The van der Waals surface area contributed by atoms with Crippen LogP contribution in [0.4, 0.5) is 5.69 Å². The molecule has 0 spiro atoms. The molecule has 7 heteroatoms. The number of likely N-dealkylation sites (N-methyl/N-ethyl adjacent to an activating group) is 1. The van der Waals surface area contributed by atoms with Gasteiger partial charge in [0.1, 0.15) is 0 Å². The van der Waals surface area contributed by atoms with E-state index < -0.39 is 5.92 Å². The average molecular weight is 517 g/mol. The SMILES string of the molecule is Cc1ccc(C)c(N2CCN(CCCNC(=O)C3c4ccccc4C(=O)N(C)C3c3cccs3)CC2)c1. The molecule has 0 aliphatic carbocycles. The number of carbonyl (C=O) groups excluding carboxylic acids is 2. The molecule has 0 radical (unpaired) electrons. The van der Waals surface area contributed by atoms with E-state index in [-0.39, 0.29) is 17.9 Å². The third-order valence-electron chi connectivity index (χ3n) is 7.72. The van der Waals surface area contributed by atoms with Crippen LogP contribution in [-0.4, -0.2) is 67.9 Å². The number of nitrogens with one attached hydrogen (secondary N) is 1. The summed E-state index contributed by atoms with van der Waals surface area (Å²) in [5.41, 5.74) is 5.43. The van der Waals surface area contributed by atoms with Gasteiger partial charge >= 0.3 is 0 Å². The molecule has 0 saturated carbocycles. The maximum Gasteiger partial charge on any atom is 0.254 e. The number of hydrogen-bond acceptors (Lipinski definition) is 5. The van der Waals surface area contributed by atoms with E-state index in [0.29, 0.717) is 12.1 Å². The van der Waals surface area contributed by atoms with Gasteiger partial charge in [-0.25, -0.2) is 0 Å². The first-order valence-electron chi connectivity index (χ1n) is 13.2. The van der Waals surface area contributed by atoms with Crippen molar-refractivity contribution in [2.75, 3.05) is 51.2 Å². The molecule has 2 aliphatic rings. The average Bonchev–Trinajstić information content (AvgIpc) is 3.45. The largest absolute Gasteiger partial charge is 0.369 e. The maximum absolute atomic E-state index is 13.6. The van der Waals surface area contributed by atoms with Crippen LogP contribution < -0.4 is 10.2 Å². The van der Waals surface area contributed by atoms with Crippen molar-refractivity contribution in [3.05, 3.63) is 87.1 Å². The minimum atomic E-state index is -0.418. The molecule has 1 N–H and O–H groups in total. The first-order chi connectivity index (χ1) is 17.9. The number of aryl methyl sites for hydroxylation is 2. The van der Waals surface area contributed by atoms with Gasteiger partial charge in [0.2, 0.25) is 5.91 Å². The van der Waals surface area contributed by atoms with E-state index in [9.17, 15) is 9.59 Å². The third-order valence-corrected chi connectivity index (χ3v) is 8.67. The minimum absolute atomic E-state index is 0.00931. The number of nitrogens with zero attached hydrogens (tertiary/aromatic N) is 3. The van der Waals surface area contributed by atoms with Gasteiger partial charge in [-0.1, -0.05) is 36.4 Å². The van der Waals surface area contributed by atoms with E-state index in [1.165, 1.54) is 16.8 Å². The Morgan fingerprint density at radius 2 is 1.81 bits per heavy atom.